The van der Waals surface area contributed by atoms with Crippen molar-refractivity contribution in [2.24, 2.45) is 5.92 Å². The van der Waals surface area contributed by atoms with Crippen molar-refractivity contribution in [3.8, 4) is 11.5 Å². The minimum absolute atomic E-state index is 0.00206. The third-order valence-electron chi connectivity index (χ3n) is 6.40. The molecule has 0 spiro atoms. The van der Waals surface area contributed by atoms with E-state index >= 15 is 0 Å². The van der Waals surface area contributed by atoms with Gasteiger partial charge in [0.2, 0.25) is 10.0 Å². The molecule has 0 bridgehead atoms. The highest BCUT2D eigenvalue weighted by Gasteiger charge is 2.45. The minimum atomic E-state index is -3.30. The smallest absolute Gasteiger partial charge is 0.214 e. The van der Waals surface area contributed by atoms with Crippen LogP contribution < -0.4 is 0 Å². The Labute approximate surface area is 165 Å². The number of fused-ring (bicyclic) bond motifs is 4. The molecular weight excluding hydrogens is 388 g/mol. The van der Waals surface area contributed by atoms with Crippen LogP contribution in [0.5, 0.6) is 11.5 Å². The molecule has 2 fully saturated rings. The first-order valence-electron chi connectivity index (χ1n) is 9.75. The van der Waals surface area contributed by atoms with E-state index in [0.717, 1.165) is 49.9 Å². The molecule has 150 valence electrons. The quantitative estimate of drug-likeness (QED) is 0.584. The molecule has 3 aliphatic heterocycles. The van der Waals surface area contributed by atoms with Crippen molar-refractivity contribution in [1.29, 1.82) is 0 Å². The Morgan fingerprint density at radius 2 is 1.96 bits per heavy atom. The minimum Gasteiger partial charge on any atom is -0.504 e. The van der Waals surface area contributed by atoms with Crippen LogP contribution in [0.25, 0.3) is 0 Å². The maximum absolute atomic E-state index is 12.9. The zero-order chi connectivity index (χ0) is 19.2. The molecule has 0 aliphatic carbocycles. The molecule has 0 aromatic heterocycles. The molecule has 0 amide bonds. The second-order valence-electron chi connectivity index (χ2n) is 7.98. The lowest BCUT2D eigenvalue weighted by atomic mass is 9.77. The van der Waals surface area contributed by atoms with Crippen LogP contribution in [0, 0.1) is 5.92 Å². The van der Waals surface area contributed by atoms with Gasteiger partial charge in [-0.2, -0.15) is 4.31 Å². The number of rotatable bonds is 4. The van der Waals surface area contributed by atoms with Gasteiger partial charge in [-0.1, -0.05) is 0 Å². The highest BCUT2D eigenvalue weighted by molar-refractivity contribution is 7.89. The molecule has 4 rings (SSSR count). The standard InChI is InChI=1S/C19H27ClN2O4S/c20-5-2-8-27(25,26)22-6-1-3-14-12-21-7-4-13-9-18(23)19(24)10-15(13)17(21)11-16(14)22/h9-10,14,16-17,23-24H,1-8,11-12H2/t14-,16+,17+/m1/s1. The largest absolute Gasteiger partial charge is 0.504 e. The summed E-state index contributed by atoms with van der Waals surface area (Å²) < 4.78 is 27.5. The molecular formula is C19H27ClN2O4S. The predicted molar refractivity (Wildman–Crippen MR) is 105 cm³/mol. The van der Waals surface area contributed by atoms with Crippen LogP contribution in [-0.4, -0.2) is 65.1 Å². The van der Waals surface area contributed by atoms with Gasteiger partial charge in [-0.05, 0) is 61.3 Å². The predicted octanol–water partition coefficient (Wildman–Crippen LogP) is 2.44. The highest BCUT2D eigenvalue weighted by Crippen LogP contribution is 2.45. The third kappa shape index (κ3) is 3.55. The van der Waals surface area contributed by atoms with Crippen LogP contribution in [0.3, 0.4) is 0 Å². The first-order chi connectivity index (χ1) is 12.9. The van der Waals surface area contributed by atoms with Crippen molar-refractivity contribution in [3.63, 3.8) is 0 Å². The summed E-state index contributed by atoms with van der Waals surface area (Å²) in [6, 6.07) is 3.41. The topological polar surface area (TPSA) is 81.1 Å². The van der Waals surface area contributed by atoms with Gasteiger partial charge in [-0.25, -0.2) is 8.42 Å². The molecule has 0 unspecified atom stereocenters. The summed E-state index contributed by atoms with van der Waals surface area (Å²) in [5.41, 5.74) is 2.08. The molecule has 0 saturated carbocycles. The van der Waals surface area contributed by atoms with Gasteiger partial charge in [0, 0.05) is 37.6 Å². The normalized spacial score (nSPS) is 29.0. The van der Waals surface area contributed by atoms with Gasteiger partial charge < -0.3 is 10.2 Å². The van der Waals surface area contributed by atoms with E-state index in [1.165, 1.54) is 0 Å². The van der Waals surface area contributed by atoms with Crippen molar-refractivity contribution in [2.45, 2.75) is 44.2 Å². The Hall–Kier alpha value is -1.02. The Morgan fingerprint density at radius 3 is 2.74 bits per heavy atom. The van der Waals surface area contributed by atoms with Gasteiger partial charge in [0.05, 0.1) is 5.75 Å². The van der Waals surface area contributed by atoms with Crippen LogP contribution in [0.4, 0.5) is 0 Å². The number of sulfonamides is 1. The molecule has 3 heterocycles. The maximum atomic E-state index is 12.9. The van der Waals surface area contributed by atoms with Gasteiger partial charge in [0.1, 0.15) is 0 Å². The first kappa shape index (κ1) is 19.3. The van der Waals surface area contributed by atoms with Crippen LogP contribution >= 0.6 is 11.6 Å². The van der Waals surface area contributed by atoms with Crippen molar-refractivity contribution in [1.82, 2.24) is 9.21 Å². The average molecular weight is 415 g/mol. The number of hydrogen-bond acceptors (Lipinski definition) is 5. The Morgan fingerprint density at radius 1 is 1.19 bits per heavy atom. The fraction of sp³-hybridized carbons (Fsp3) is 0.684. The number of phenolic OH excluding ortho intramolecular Hbond substituents is 2. The van der Waals surface area contributed by atoms with E-state index in [4.69, 9.17) is 11.6 Å². The lowest BCUT2D eigenvalue weighted by Gasteiger charge is -2.51. The van der Waals surface area contributed by atoms with Crippen molar-refractivity contribution in [3.05, 3.63) is 23.3 Å². The number of phenols is 2. The van der Waals surface area contributed by atoms with Gasteiger partial charge >= 0.3 is 0 Å². The van der Waals surface area contributed by atoms with E-state index in [1.807, 2.05) is 0 Å². The number of alkyl halides is 1. The molecule has 2 saturated heterocycles. The summed E-state index contributed by atoms with van der Waals surface area (Å²) in [6.07, 6.45) is 4.02. The van der Waals surface area contributed by atoms with E-state index in [9.17, 15) is 18.6 Å². The zero-order valence-electron chi connectivity index (χ0n) is 15.3. The second kappa shape index (κ2) is 7.43. The molecule has 3 aliphatic rings. The summed E-state index contributed by atoms with van der Waals surface area (Å²) in [6.45, 7) is 2.38. The van der Waals surface area contributed by atoms with Gasteiger partial charge in [0.25, 0.3) is 0 Å². The van der Waals surface area contributed by atoms with Gasteiger partial charge in [-0.3, -0.25) is 4.90 Å². The van der Waals surface area contributed by atoms with Crippen LogP contribution in [0.15, 0.2) is 12.1 Å². The molecule has 6 nitrogen and oxygen atoms in total. The van der Waals surface area contributed by atoms with Crippen molar-refractivity contribution in [2.75, 3.05) is 31.3 Å². The molecule has 1 aromatic carbocycles. The molecule has 3 atom stereocenters. The highest BCUT2D eigenvalue weighted by atomic mass is 35.5. The maximum Gasteiger partial charge on any atom is 0.214 e. The molecule has 8 heteroatoms. The second-order valence-corrected chi connectivity index (χ2v) is 10.4. The van der Waals surface area contributed by atoms with Crippen molar-refractivity contribution < 1.29 is 18.6 Å². The van der Waals surface area contributed by atoms with Crippen LogP contribution in [-0.2, 0) is 16.4 Å². The summed E-state index contributed by atoms with van der Waals surface area (Å²) >= 11 is 5.73. The monoisotopic (exact) mass is 414 g/mol. The van der Waals surface area contributed by atoms with E-state index < -0.39 is 10.0 Å². The Balaban J connectivity index is 1.63. The Bertz CT molecular complexity index is 816. The first-order valence-corrected chi connectivity index (χ1v) is 11.9. The fourth-order valence-electron chi connectivity index (χ4n) is 5.13. The van der Waals surface area contributed by atoms with Crippen LogP contribution in [0.2, 0.25) is 0 Å². The van der Waals surface area contributed by atoms with Crippen molar-refractivity contribution >= 4 is 21.6 Å². The van der Waals surface area contributed by atoms with Crippen LogP contribution in [0.1, 0.15) is 42.9 Å². The summed E-state index contributed by atoms with van der Waals surface area (Å²) in [4.78, 5) is 2.43. The molecule has 0 radical (unpaired) electrons. The summed E-state index contributed by atoms with van der Waals surface area (Å²) in [7, 11) is -3.30. The fourth-order valence-corrected chi connectivity index (χ4v) is 7.24. The number of benzene rings is 1. The number of nitrogens with zero attached hydrogens (tertiary/aromatic N) is 2. The lowest BCUT2D eigenvalue weighted by Crippen LogP contribution is -2.57. The molecule has 2 N–H and O–H groups in total. The Kier molecular flexibility index (Phi) is 5.31. The molecule has 27 heavy (non-hydrogen) atoms. The lowest BCUT2D eigenvalue weighted by molar-refractivity contribution is 0.0219. The summed E-state index contributed by atoms with van der Waals surface area (Å²) in [5, 5.41) is 19.8. The third-order valence-corrected chi connectivity index (χ3v) is 8.64. The summed E-state index contributed by atoms with van der Waals surface area (Å²) in [5.74, 6) is 0.632. The number of halogens is 1. The van der Waals surface area contributed by atoms with E-state index in [1.54, 1.807) is 16.4 Å². The van der Waals surface area contributed by atoms with E-state index in [2.05, 4.69) is 4.90 Å². The molecule has 1 aromatic rings. The van der Waals surface area contributed by atoms with Gasteiger partial charge in [0.15, 0.2) is 11.5 Å². The number of piperidine rings is 2. The average Bonchev–Trinajstić information content (AvgIpc) is 2.65. The zero-order valence-corrected chi connectivity index (χ0v) is 16.9. The number of hydrogen-bond donors (Lipinski definition) is 2. The van der Waals surface area contributed by atoms with E-state index in [0.29, 0.717) is 24.8 Å². The van der Waals surface area contributed by atoms with E-state index in [-0.39, 0.29) is 29.3 Å². The number of aromatic hydroxyl groups is 2. The van der Waals surface area contributed by atoms with Gasteiger partial charge in [-0.15, -0.1) is 11.6 Å². The SMILES string of the molecule is O=S(=O)(CCCCl)N1CCC[C@@H]2CN3CCc4cc(O)c(O)cc4[C@@H]3C[C@@H]21.